The molecule has 106 valence electrons. The third-order valence-corrected chi connectivity index (χ3v) is 4.88. The first kappa shape index (κ1) is 14.7. The van der Waals surface area contributed by atoms with Gasteiger partial charge in [-0.3, -0.25) is 0 Å². The van der Waals surface area contributed by atoms with Gasteiger partial charge in [-0.1, -0.05) is 25.0 Å². The molecule has 0 aromatic heterocycles. The second kappa shape index (κ2) is 7.20. The number of aliphatic hydroxyl groups is 1. The minimum Gasteiger partial charge on any atom is -0.491 e. The molecule has 1 aromatic rings. The Morgan fingerprint density at radius 3 is 2.42 bits per heavy atom. The summed E-state index contributed by atoms with van der Waals surface area (Å²) in [5.41, 5.74) is 0.988. The van der Waals surface area contributed by atoms with Crippen LogP contribution in [0, 0.1) is 0 Å². The van der Waals surface area contributed by atoms with Gasteiger partial charge in [0, 0.05) is 11.0 Å². The minimum atomic E-state index is -0.362. The van der Waals surface area contributed by atoms with Crippen molar-refractivity contribution in [2.75, 3.05) is 5.75 Å². The fourth-order valence-corrected chi connectivity index (χ4v) is 3.73. The lowest BCUT2D eigenvalue weighted by atomic mass is 10.1. The molecule has 19 heavy (non-hydrogen) atoms. The van der Waals surface area contributed by atoms with Crippen molar-refractivity contribution in [2.24, 2.45) is 0 Å². The van der Waals surface area contributed by atoms with Crippen LogP contribution in [0.1, 0.15) is 51.2 Å². The van der Waals surface area contributed by atoms with Crippen LogP contribution in [0.4, 0.5) is 0 Å². The number of hydrogen-bond acceptors (Lipinski definition) is 3. The van der Waals surface area contributed by atoms with Gasteiger partial charge in [0.1, 0.15) is 5.75 Å². The van der Waals surface area contributed by atoms with Crippen molar-refractivity contribution >= 4 is 11.8 Å². The highest BCUT2D eigenvalue weighted by Gasteiger charge is 2.17. The molecule has 2 rings (SSSR count). The standard InChI is InChI=1S/C16H24O2S/c1-12(2)18-14-9-7-13(8-10-14)16(17)11-19-15-5-3-4-6-15/h7-10,12,15-17H,3-6,11H2,1-2H3. The van der Waals surface area contributed by atoms with Gasteiger partial charge in [0.25, 0.3) is 0 Å². The van der Waals surface area contributed by atoms with Gasteiger partial charge >= 0.3 is 0 Å². The molecule has 1 aromatic carbocycles. The molecule has 0 heterocycles. The van der Waals surface area contributed by atoms with Gasteiger partial charge in [-0.25, -0.2) is 0 Å². The van der Waals surface area contributed by atoms with Gasteiger partial charge < -0.3 is 9.84 Å². The summed E-state index contributed by atoms with van der Waals surface area (Å²) in [4.78, 5) is 0. The summed E-state index contributed by atoms with van der Waals surface area (Å²) in [5.74, 6) is 1.67. The van der Waals surface area contributed by atoms with E-state index in [4.69, 9.17) is 4.74 Å². The van der Waals surface area contributed by atoms with Crippen molar-refractivity contribution < 1.29 is 9.84 Å². The van der Waals surface area contributed by atoms with E-state index >= 15 is 0 Å². The fourth-order valence-electron chi connectivity index (χ4n) is 2.42. The molecule has 0 aliphatic heterocycles. The summed E-state index contributed by atoms with van der Waals surface area (Å²) in [5, 5.41) is 11.0. The van der Waals surface area contributed by atoms with Crippen molar-refractivity contribution in [3.63, 3.8) is 0 Å². The Morgan fingerprint density at radius 2 is 1.84 bits per heavy atom. The quantitative estimate of drug-likeness (QED) is 0.847. The van der Waals surface area contributed by atoms with Gasteiger partial charge in [0.05, 0.1) is 12.2 Å². The highest BCUT2D eigenvalue weighted by atomic mass is 32.2. The van der Waals surface area contributed by atoms with E-state index in [9.17, 15) is 5.11 Å². The van der Waals surface area contributed by atoms with E-state index in [1.54, 1.807) is 0 Å². The normalized spacial score (nSPS) is 17.9. The number of hydrogen-bond donors (Lipinski definition) is 1. The van der Waals surface area contributed by atoms with Crippen LogP contribution in [0.2, 0.25) is 0 Å². The Hall–Kier alpha value is -0.670. The van der Waals surface area contributed by atoms with E-state index in [1.807, 2.05) is 49.9 Å². The van der Waals surface area contributed by atoms with Gasteiger partial charge in [-0.05, 0) is 44.4 Å². The number of ether oxygens (including phenoxy) is 1. The first-order valence-electron chi connectivity index (χ1n) is 7.21. The zero-order chi connectivity index (χ0) is 13.7. The van der Waals surface area contributed by atoms with E-state index in [-0.39, 0.29) is 12.2 Å². The number of benzene rings is 1. The van der Waals surface area contributed by atoms with Crippen molar-refractivity contribution in [1.29, 1.82) is 0 Å². The highest BCUT2D eigenvalue weighted by molar-refractivity contribution is 7.99. The SMILES string of the molecule is CC(C)Oc1ccc(C(O)CSC2CCCC2)cc1. The summed E-state index contributed by atoms with van der Waals surface area (Å²) in [6, 6.07) is 7.83. The van der Waals surface area contributed by atoms with Crippen molar-refractivity contribution in [3.8, 4) is 5.75 Å². The van der Waals surface area contributed by atoms with Crippen molar-refractivity contribution in [1.82, 2.24) is 0 Å². The molecule has 1 atom stereocenters. The van der Waals surface area contributed by atoms with Crippen LogP contribution < -0.4 is 4.74 Å². The molecule has 0 radical (unpaired) electrons. The number of rotatable bonds is 6. The molecule has 1 N–H and O–H groups in total. The molecule has 0 bridgehead atoms. The lowest BCUT2D eigenvalue weighted by Gasteiger charge is -2.15. The molecular formula is C16H24O2S. The van der Waals surface area contributed by atoms with Crippen LogP contribution in [0.25, 0.3) is 0 Å². The van der Waals surface area contributed by atoms with Crippen LogP contribution in [0.3, 0.4) is 0 Å². The maximum absolute atomic E-state index is 10.2. The lowest BCUT2D eigenvalue weighted by Crippen LogP contribution is -2.07. The van der Waals surface area contributed by atoms with Crippen molar-refractivity contribution in [3.05, 3.63) is 29.8 Å². The Balaban J connectivity index is 1.82. The second-order valence-corrected chi connectivity index (χ2v) is 6.82. The Morgan fingerprint density at radius 1 is 1.21 bits per heavy atom. The predicted octanol–water partition coefficient (Wildman–Crippen LogP) is 4.18. The van der Waals surface area contributed by atoms with Gasteiger partial charge in [0.15, 0.2) is 0 Å². The average Bonchev–Trinajstić information content (AvgIpc) is 2.89. The molecular weight excluding hydrogens is 256 g/mol. The third-order valence-electron chi connectivity index (χ3n) is 3.43. The number of thioether (sulfide) groups is 1. The van der Waals surface area contributed by atoms with Gasteiger partial charge in [-0.15, -0.1) is 0 Å². The summed E-state index contributed by atoms with van der Waals surface area (Å²) in [6.07, 6.45) is 5.17. The van der Waals surface area contributed by atoms with Crippen LogP contribution >= 0.6 is 11.8 Å². The maximum atomic E-state index is 10.2. The van der Waals surface area contributed by atoms with Crippen LogP contribution in [0.15, 0.2) is 24.3 Å². The topological polar surface area (TPSA) is 29.5 Å². The second-order valence-electron chi connectivity index (χ2n) is 5.49. The summed E-state index contributed by atoms with van der Waals surface area (Å²) in [7, 11) is 0. The first-order chi connectivity index (χ1) is 9.15. The summed E-state index contributed by atoms with van der Waals surface area (Å²) in [6.45, 7) is 4.03. The first-order valence-corrected chi connectivity index (χ1v) is 8.26. The predicted molar refractivity (Wildman–Crippen MR) is 81.9 cm³/mol. The zero-order valence-electron chi connectivity index (χ0n) is 11.8. The molecule has 1 unspecified atom stereocenters. The highest BCUT2D eigenvalue weighted by Crippen LogP contribution is 2.32. The van der Waals surface area contributed by atoms with Crippen molar-refractivity contribution in [2.45, 2.75) is 57.0 Å². The van der Waals surface area contributed by atoms with E-state index in [0.717, 1.165) is 22.3 Å². The smallest absolute Gasteiger partial charge is 0.119 e. The summed E-state index contributed by atoms with van der Waals surface area (Å²) < 4.78 is 5.60. The molecule has 1 aliphatic rings. The zero-order valence-corrected chi connectivity index (χ0v) is 12.7. The molecule has 0 saturated heterocycles. The third kappa shape index (κ3) is 4.73. The van der Waals surface area contributed by atoms with Crippen LogP contribution in [-0.4, -0.2) is 22.2 Å². The van der Waals surface area contributed by atoms with Crippen LogP contribution in [-0.2, 0) is 0 Å². The Labute approximate surface area is 120 Å². The minimum absolute atomic E-state index is 0.189. The summed E-state index contributed by atoms with van der Waals surface area (Å²) >= 11 is 1.92. The molecule has 2 nitrogen and oxygen atoms in total. The Bertz CT molecular complexity index is 369. The van der Waals surface area contributed by atoms with Gasteiger partial charge in [0.2, 0.25) is 0 Å². The lowest BCUT2D eigenvalue weighted by molar-refractivity contribution is 0.203. The van der Waals surface area contributed by atoms with E-state index in [1.165, 1.54) is 25.7 Å². The molecule has 1 saturated carbocycles. The van der Waals surface area contributed by atoms with Crippen LogP contribution in [0.5, 0.6) is 5.75 Å². The van der Waals surface area contributed by atoms with E-state index in [2.05, 4.69) is 0 Å². The number of aliphatic hydroxyl groups excluding tert-OH is 1. The molecule has 0 spiro atoms. The molecule has 1 fully saturated rings. The monoisotopic (exact) mass is 280 g/mol. The Kier molecular flexibility index (Phi) is 5.59. The molecule has 1 aliphatic carbocycles. The van der Waals surface area contributed by atoms with E-state index in [0.29, 0.717) is 0 Å². The fraction of sp³-hybridized carbons (Fsp3) is 0.625. The largest absolute Gasteiger partial charge is 0.491 e. The average molecular weight is 280 g/mol. The van der Waals surface area contributed by atoms with Gasteiger partial charge in [-0.2, -0.15) is 11.8 Å². The molecule has 0 amide bonds. The van der Waals surface area contributed by atoms with E-state index < -0.39 is 0 Å². The maximum Gasteiger partial charge on any atom is 0.119 e. The molecule has 3 heteroatoms.